The van der Waals surface area contributed by atoms with Gasteiger partial charge in [-0.05, 0) is 55.2 Å². The highest BCUT2D eigenvalue weighted by atomic mass is 16.5. The highest BCUT2D eigenvalue weighted by molar-refractivity contribution is 5.94. The lowest BCUT2D eigenvalue weighted by molar-refractivity contribution is -0.120. The number of imidazole rings is 1. The second-order valence-electron chi connectivity index (χ2n) is 8.94. The molecule has 0 bridgehead atoms. The van der Waals surface area contributed by atoms with E-state index in [0.717, 1.165) is 12.8 Å². The first-order valence-electron chi connectivity index (χ1n) is 12.0. The van der Waals surface area contributed by atoms with Crippen LogP contribution in [-0.4, -0.2) is 40.3 Å². The van der Waals surface area contributed by atoms with Gasteiger partial charge in [0.15, 0.2) is 6.61 Å². The summed E-state index contributed by atoms with van der Waals surface area (Å²) in [6, 6.07) is 12.0. The molecule has 3 amide bonds. The van der Waals surface area contributed by atoms with Gasteiger partial charge in [-0.3, -0.25) is 18.8 Å². The van der Waals surface area contributed by atoms with Gasteiger partial charge in [-0.2, -0.15) is 0 Å². The Kier molecular flexibility index (Phi) is 7.97. The van der Waals surface area contributed by atoms with Gasteiger partial charge in [-0.25, -0.2) is 4.98 Å². The van der Waals surface area contributed by atoms with Gasteiger partial charge in [-0.1, -0.05) is 31.7 Å². The van der Waals surface area contributed by atoms with Crippen LogP contribution in [0.1, 0.15) is 54.7 Å². The fraction of sp³-hybridized carbons (Fsp3) is 0.385. The zero-order valence-corrected chi connectivity index (χ0v) is 19.7. The second-order valence-corrected chi connectivity index (χ2v) is 8.94. The van der Waals surface area contributed by atoms with Crippen molar-refractivity contribution in [1.29, 1.82) is 0 Å². The van der Waals surface area contributed by atoms with E-state index in [1.54, 1.807) is 47.0 Å². The van der Waals surface area contributed by atoms with Crippen molar-refractivity contribution < 1.29 is 19.1 Å². The van der Waals surface area contributed by atoms with Crippen molar-refractivity contribution >= 4 is 29.1 Å². The molecule has 1 aromatic carbocycles. The fourth-order valence-corrected chi connectivity index (χ4v) is 4.39. The predicted octanol–water partition coefficient (Wildman–Crippen LogP) is 3.08. The van der Waals surface area contributed by atoms with Crippen LogP contribution in [0.15, 0.2) is 48.7 Å². The maximum Gasteiger partial charge on any atom is 0.268 e. The average molecular weight is 478 g/mol. The Hall–Kier alpha value is -3.88. The van der Waals surface area contributed by atoms with Crippen LogP contribution in [0.25, 0.3) is 5.65 Å². The van der Waals surface area contributed by atoms with E-state index < -0.39 is 5.91 Å². The van der Waals surface area contributed by atoms with Crippen molar-refractivity contribution in [2.75, 3.05) is 18.5 Å². The smallest absolute Gasteiger partial charge is 0.268 e. The molecule has 0 aliphatic heterocycles. The summed E-state index contributed by atoms with van der Waals surface area (Å²) in [5, 5.41) is 5.90. The Morgan fingerprint density at radius 1 is 1.03 bits per heavy atom. The molecule has 0 spiro atoms. The number of hydrogen-bond acceptors (Lipinski definition) is 5. The molecular weight excluding hydrogens is 446 g/mol. The molecule has 0 saturated heterocycles. The monoisotopic (exact) mass is 477 g/mol. The molecule has 3 aromatic rings. The van der Waals surface area contributed by atoms with Crippen LogP contribution in [0.5, 0.6) is 5.75 Å². The van der Waals surface area contributed by atoms with E-state index in [4.69, 9.17) is 10.5 Å². The van der Waals surface area contributed by atoms with Crippen LogP contribution in [0.4, 0.5) is 5.69 Å². The van der Waals surface area contributed by atoms with E-state index in [1.807, 2.05) is 6.07 Å². The van der Waals surface area contributed by atoms with Gasteiger partial charge in [0.2, 0.25) is 5.91 Å². The highest BCUT2D eigenvalue weighted by Gasteiger charge is 2.17. The number of carbonyl (C=O) groups is 3. The normalized spacial score (nSPS) is 14.3. The molecule has 1 aliphatic rings. The van der Waals surface area contributed by atoms with Crippen molar-refractivity contribution in [3.8, 4) is 5.75 Å². The molecule has 1 saturated carbocycles. The number of rotatable bonds is 9. The Bertz CT molecular complexity index is 1180. The van der Waals surface area contributed by atoms with Crippen LogP contribution in [0.3, 0.4) is 0 Å². The fourth-order valence-electron chi connectivity index (χ4n) is 4.39. The minimum atomic E-state index is -0.560. The van der Waals surface area contributed by atoms with E-state index in [2.05, 4.69) is 15.6 Å². The van der Waals surface area contributed by atoms with Gasteiger partial charge in [0.05, 0.1) is 12.1 Å². The Morgan fingerprint density at radius 2 is 1.77 bits per heavy atom. The molecule has 1 fully saturated rings. The first-order chi connectivity index (χ1) is 17.0. The average Bonchev–Trinajstić information content (AvgIpc) is 3.06. The topological polar surface area (TPSA) is 128 Å². The quantitative estimate of drug-likeness (QED) is 0.408. The molecule has 0 atom stereocenters. The minimum Gasteiger partial charge on any atom is -0.484 e. The molecule has 9 heteroatoms. The Labute approximate surface area is 204 Å². The Balaban J connectivity index is 1.36. The van der Waals surface area contributed by atoms with Crippen LogP contribution in [0, 0.1) is 5.92 Å². The lowest BCUT2D eigenvalue weighted by Gasteiger charge is -2.15. The highest BCUT2D eigenvalue weighted by Crippen LogP contribution is 2.22. The molecule has 1 aliphatic carbocycles. The second kappa shape index (κ2) is 11.5. The number of nitrogens with two attached hydrogens (primary N) is 1. The summed E-state index contributed by atoms with van der Waals surface area (Å²) in [4.78, 5) is 40.8. The third-order valence-corrected chi connectivity index (χ3v) is 6.16. The largest absolute Gasteiger partial charge is 0.484 e. The number of carbonyl (C=O) groups excluding carboxylic acids is 3. The van der Waals surface area contributed by atoms with Gasteiger partial charge in [0.25, 0.3) is 11.8 Å². The third kappa shape index (κ3) is 6.81. The lowest BCUT2D eigenvalue weighted by Crippen LogP contribution is -2.30. The summed E-state index contributed by atoms with van der Waals surface area (Å²) in [7, 11) is 0. The maximum atomic E-state index is 12.9. The van der Waals surface area contributed by atoms with Crippen LogP contribution >= 0.6 is 0 Å². The number of ether oxygens (including phenoxy) is 1. The van der Waals surface area contributed by atoms with Crippen LogP contribution < -0.4 is 21.1 Å². The van der Waals surface area contributed by atoms with E-state index in [0.29, 0.717) is 40.9 Å². The summed E-state index contributed by atoms with van der Waals surface area (Å²) in [5.74, 6) is 0.0825. The van der Waals surface area contributed by atoms with E-state index in [-0.39, 0.29) is 24.8 Å². The summed E-state index contributed by atoms with van der Waals surface area (Å²) >= 11 is 0. The van der Waals surface area contributed by atoms with Crippen molar-refractivity contribution in [3.63, 3.8) is 0 Å². The van der Waals surface area contributed by atoms with Crippen molar-refractivity contribution in [2.24, 2.45) is 11.7 Å². The summed E-state index contributed by atoms with van der Waals surface area (Å²) in [6.07, 6.45) is 9.15. The zero-order valence-electron chi connectivity index (χ0n) is 19.7. The lowest BCUT2D eigenvalue weighted by atomic mass is 10.0. The molecular formula is C26H31N5O4. The van der Waals surface area contributed by atoms with E-state index >= 15 is 0 Å². The van der Waals surface area contributed by atoms with Gasteiger partial charge in [0, 0.05) is 18.4 Å². The number of fused-ring (bicyclic) bond motifs is 1. The first kappa shape index (κ1) is 24.3. The number of nitrogens with zero attached hydrogens (tertiary/aromatic N) is 2. The number of pyridine rings is 1. The molecule has 2 heterocycles. The summed E-state index contributed by atoms with van der Waals surface area (Å²) in [6.45, 7) is 0.478. The molecule has 2 aromatic heterocycles. The number of hydrogen-bond donors (Lipinski definition) is 3. The summed E-state index contributed by atoms with van der Waals surface area (Å²) in [5.41, 5.74) is 7.33. The number of primary amides is 1. The van der Waals surface area contributed by atoms with Gasteiger partial charge in [-0.15, -0.1) is 0 Å². The first-order valence-corrected chi connectivity index (χ1v) is 12.0. The number of aromatic nitrogens is 2. The molecule has 0 radical (unpaired) electrons. The number of amides is 3. The van der Waals surface area contributed by atoms with E-state index in [1.165, 1.54) is 25.7 Å². The van der Waals surface area contributed by atoms with Crippen molar-refractivity contribution in [1.82, 2.24) is 14.7 Å². The zero-order chi connectivity index (χ0) is 24.6. The molecule has 35 heavy (non-hydrogen) atoms. The van der Waals surface area contributed by atoms with Crippen molar-refractivity contribution in [3.05, 3.63) is 60.0 Å². The number of benzene rings is 1. The van der Waals surface area contributed by atoms with E-state index in [9.17, 15) is 14.4 Å². The van der Waals surface area contributed by atoms with Gasteiger partial charge >= 0.3 is 0 Å². The predicted molar refractivity (Wildman–Crippen MR) is 132 cm³/mol. The molecule has 0 unspecified atom stereocenters. The SMILES string of the molecule is NC(=O)COc1ccc(NC(=O)Cc2cn3c(C(=O)NCC4CCCCCC4)cccc3n2)cc1. The Morgan fingerprint density at radius 3 is 2.49 bits per heavy atom. The third-order valence-electron chi connectivity index (χ3n) is 6.16. The molecule has 4 N–H and O–H groups in total. The minimum absolute atomic E-state index is 0.0603. The van der Waals surface area contributed by atoms with Gasteiger partial charge < -0.3 is 21.1 Å². The standard InChI is InChI=1S/C26H31N5O4/c27-23(32)17-35-21-12-10-19(11-13-21)30-25(33)14-20-16-31-22(8-5-9-24(31)29-20)26(34)28-15-18-6-3-1-2-4-7-18/h5,8-13,16,18H,1-4,6-7,14-15,17H2,(H2,27,32)(H,28,34)(H,30,33). The molecule has 184 valence electrons. The number of anilines is 1. The summed E-state index contributed by atoms with van der Waals surface area (Å²) < 4.78 is 6.94. The molecule has 9 nitrogen and oxygen atoms in total. The molecule has 4 rings (SSSR count). The van der Waals surface area contributed by atoms with Crippen molar-refractivity contribution in [2.45, 2.75) is 44.9 Å². The van der Waals surface area contributed by atoms with Crippen LogP contribution in [-0.2, 0) is 16.0 Å². The maximum absolute atomic E-state index is 12.9. The number of nitrogens with one attached hydrogen (secondary N) is 2. The van der Waals surface area contributed by atoms with Crippen LogP contribution in [0.2, 0.25) is 0 Å². The van der Waals surface area contributed by atoms with Gasteiger partial charge in [0.1, 0.15) is 17.1 Å².